The molecule has 0 radical (unpaired) electrons. The molecule has 5 rings (SSSR count). The summed E-state index contributed by atoms with van der Waals surface area (Å²) in [6, 6.07) is 13.0. The van der Waals surface area contributed by atoms with Crippen molar-refractivity contribution in [2.24, 2.45) is 0 Å². The molecule has 1 N–H and O–H groups in total. The Hall–Kier alpha value is -4.27. The molecule has 1 amide bonds. The molecule has 0 spiro atoms. The van der Waals surface area contributed by atoms with E-state index in [2.05, 4.69) is 9.97 Å². The number of carboxylic acids is 1. The molecule has 1 aromatic carbocycles. The minimum absolute atomic E-state index is 0.0591. The van der Waals surface area contributed by atoms with Gasteiger partial charge >= 0.3 is 5.97 Å². The number of pyridine rings is 2. The van der Waals surface area contributed by atoms with Gasteiger partial charge in [-0.25, -0.2) is 14.4 Å². The lowest BCUT2D eigenvalue weighted by atomic mass is 10.00. The van der Waals surface area contributed by atoms with Crippen molar-refractivity contribution in [2.75, 3.05) is 13.7 Å². The summed E-state index contributed by atoms with van der Waals surface area (Å²) >= 11 is 0. The van der Waals surface area contributed by atoms with E-state index >= 15 is 0 Å². The normalized spacial score (nSPS) is 14.1. The maximum Gasteiger partial charge on any atom is 0.305 e. The van der Waals surface area contributed by atoms with Crippen molar-refractivity contribution in [3.8, 4) is 5.75 Å². The maximum atomic E-state index is 14.4. The number of halogens is 1. The van der Waals surface area contributed by atoms with Gasteiger partial charge in [-0.1, -0.05) is 6.07 Å². The van der Waals surface area contributed by atoms with Crippen molar-refractivity contribution >= 4 is 22.9 Å². The molecule has 9 heteroatoms. The number of carbonyl (C=O) groups is 2. The molecule has 4 aromatic rings. The summed E-state index contributed by atoms with van der Waals surface area (Å²) in [6.07, 6.45) is 3.82. The second kappa shape index (κ2) is 9.17. The SMILES string of the molecule is COc1ccc([C@H](CC(=O)O)N2CCn3cc(Cc4ccc5cccnc5n4)cc3C2=O)cc1F. The molecule has 0 fully saturated rings. The Labute approximate surface area is 200 Å². The van der Waals surface area contributed by atoms with Gasteiger partial charge in [0, 0.05) is 43.0 Å². The number of fused-ring (bicyclic) bond motifs is 2. The summed E-state index contributed by atoms with van der Waals surface area (Å²) in [4.78, 5) is 35.5. The highest BCUT2D eigenvalue weighted by Gasteiger charge is 2.33. The summed E-state index contributed by atoms with van der Waals surface area (Å²) in [6.45, 7) is 0.812. The zero-order valence-electron chi connectivity index (χ0n) is 19.0. The highest BCUT2D eigenvalue weighted by Crippen LogP contribution is 2.32. The fourth-order valence-electron chi connectivity index (χ4n) is 4.56. The first kappa shape index (κ1) is 22.5. The first-order valence-corrected chi connectivity index (χ1v) is 11.2. The fourth-order valence-corrected chi connectivity index (χ4v) is 4.56. The number of nitrogens with zero attached hydrogens (tertiary/aromatic N) is 4. The standard InChI is InChI=1S/C26H23FN4O4/c1-35-23-7-5-18(13-20(23)27)21(14-24(32)33)31-10-9-30-15-16(12-22(30)26(31)34)11-19-6-4-17-3-2-8-28-25(17)29-19/h2-8,12-13,15,21H,9-11,14H2,1H3,(H,32,33)/t21-/m0/s1. The van der Waals surface area contributed by atoms with Gasteiger partial charge in [-0.05, 0) is 53.6 Å². The Morgan fingerprint density at radius 2 is 2.06 bits per heavy atom. The molecule has 0 aliphatic carbocycles. The molecule has 1 aliphatic heterocycles. The topological polar surface area (TPSA) is 97.6 Å². The number of hydrogen-bond acceptors (Lipinski definition) is 5. The first-order chi connectivity index (χ1) is 16.9. The van der Waals surface area contributed by atoms with Crippen LogP contribution in [0.1, 0.15) is 39.8 Å². The van der Waals surface area contributed by atoms with E-state index in [1.54, 1.807) is 12.3 Å². The first-order valence-electron chi connectivity index (χ1n) is 11.2. The summed E-state index contributed by atoms with van der Waals surface area (Å²) in [7, 11) is 1.36. The number of methoxy groups -OCH3 is 1. The quantitative estimate of drug-likeness (QED) is 0.437. The van der Waals surface area contributed by atoms with Crippen molar-refractivity contribution in [1.82, 2.24) is 19.4 Å². The average Bonchev–Trinajstić information content (AvgIpc) is 3.26. The minimum Gasteiger partial charge on any atom is -0.494 e. The van der Waals surface area contributed by atoms with E-state index in [-0.39, 0.29) is 18.1 Å². The van der Waals surface area contributed by atoms with Gasteiger partial charge in [0.05, 0.1) is 19.6 Å². The van der Waals surface area contributed by atoms with E-state index < -0.39 is 17.8 Å². The van der Waals surface area contributed by atoms with Gasteiger partial charge in [-0.2, -0.15) is 0 Å². The van der Waals surface area contributed by atoms with Crippen LogP contribution in [0.2, 0.25) is 0 Å². The second-order valence-electron chi connectivity index (χ2n) is 8.46. The number of carboxylic acid groups (broad SMARTS) is 1. The third-order valence-corrected chi connectivity index (χ3v) is 6.23. The molecule has 4 heterocycles. The van der Waals surface area contributed by atoms with Gasteiger partial charge in [0.15, 0.2) is 17.2 Å². The van der Waals surface area contributed by atoms with Gasteiger partial charge < -0.3 is 19.3 Å². The number of aromatic nitrogens is 3. The van der Waals surface area contributed by atoms with Gasteiger partial charge in [0.25, 0.3) is 5.91 Å². The van der Waals surface area contributed by atoms with Crippen LogP contribution in [0.3, 0.4) is 0 Å². The Balaban J connectivity index is 1.41. The van der Waals surface area contributed by atoms with Crippen molar-refractivity contribution in [2.45, 2.75) is 25.4 Å². The molecule has 0 saturated carbocycles. The molecule has 1 aliphatic rings. The molecular weight excluding hydrogens is 451 g/mol. The Morgan fingerprint density at radius 3 is 2.83 bits per heavy atom. The second-order valence-corrected chi connectivity index (χ2v) is 8.46. The van der Waals surface area contributed by atoms with Crippen molar-refractivity contribution < 1.29 is 23.8 Å². The number of carbonyl (C=O) groups excluding carboxylic acids is 1. The number of hydrogen-bond donors (Lipinski definition) is 1. The molecule has 0 bridgehead atoms. The Bertz CT molecular complexity index is 1430. The predicted molar refractivity (Wildman–Crippen MR) is 126 cm³/mol. The van der Waals surface area contributed by atoms with E-state index in [0.717, 1.165) is 16.6 Å². The lowest BCUT2D eigenvalue weighted by molar-refractivity contribution is -0.138. The Morgan fingerprint density at radius 1 is 1.20 bits per heavy atom. The molecule has 35 heavy (non-hydrogen) atoms. The smallest absolute Gasteiger partial charge is 0.305 e. The van der Waals surface area contributed by atoms with E-state index in [1.807, 2.05) is 41.1 Å². The van der Waals surface area contributed by atoms with Gasteiger partial charge in [0.2, 0.25) is 0 Å². The predicted octanol–water partition coefficient (Wildman–Crippen LogP) is 3.84. The van der Waals surface area contributed by atoms with E-state index in [4.69, 9.17) is 4.74 Å². The number of amides is 1. The van der Waals surface area contributed by atoms with Crippen molar-refractivity contribution in [1.29, 1.82) is 0 Å². The van der Waals surface area contributed by atoms with E-state index in [9.17, 15) is 19.1 Å². The maximum absolute atomic E-state index is 14.4. The van der Waals surface area contributed by atoms with Gasteiger partial charge in [-0.15, -0.1) is 0 Å². The highest BCUT2D eigenvalue weighted by molar-refractivity contribution is 5.94. The number of benzene rings is 1. The van der Waals surface area contributed by atoms with Crippen molar-refractivity contribution in [3.05, 3.63) is 89.3 Å². The molecule has 1 atom stereocenters. The van der Waals surface area contributed by atoms with Crippen LogP contribution in [-0.2, 0) is 17.8 Å². The third kappa shape index (κ3) is 4.44. The van der Waals surface area contributed by atoms with Crippen LogP contribution in [0.25, 0.3) is 11.0 Å². The van der Waals surface area contributed by atoms with Crippen LogP contribution in [0.5, 0.6) is 5.75 Å². The van der Waals surface area contributed by atoms with Gasteiger partial charge in [-0.3, -0.25) is 9.59 Å². The average molecular weight is 474 g/mol. The van der Waals surface area contributed by atoms with Crippen LogP contribution in [0.4, 0.5) is 4.39 Å². The molecular formula is C26H23FN4O4. The van der Waals surface area contributed by atoms with Gasteiger partial charge in [0.1, 0.15) is 5.69 Å². The van der Waals surface area contributed by atoms with E-state index in [0.29, 0.717) is 36.4 Å². The molecule has 3 aromatic heterocycles. The number of ether oxygens (including phenoxy) is 1. The van der Waals surface area contributed by atoms with Crippen molar-refractivity contribution in [3.63, 3.8) is 0 Å². The molecule has 0 unspecified atom stereocenters. The number of aliphatic carboxylic acids is 1. The zero-order valence-corrected chi connectivity index (χ0v) is 19.0. The summed E-state index contributed by atoms with van der Waals surface area (Å²) in [5.41, 5.74) is 3.30. The summed E-state index contributed by atoms with van der Waals surface area (Å²) < 4.78 is 21.2. The Kier molecular flexibility index (Phi) is 5.90. The molecule has 8 nitrogen and oxygen atoms in total. The zero-order chi connectivity index (χ0) is 24.5. The van der Waals surface area contributed by atoms with Crippen LogP contribution >= 0.6 is 0 Å². The largest absolute Gasteiger partial charge is 0.494 e. The molecule has 0 saturated heterocycles. The number of rotatable bonds is 7. The van der Waals surface area contributed by atoms with Crippen LogP contribution in [0.15, 0.2) is 60.9 Å². The minimum atomic E-state index is -1.07. The lowest BCUT2D eigenvalue weighted by Gasteiger charge is -2.35. The molecule has 178 valence electrons. The third-order valence-electron chi connectivity index (χ3n) is 6.23. The highest BCUT2D eigenvalue weighted by atomic mass is 19.1. The summed E-state index contributed by atoms with van der Waals surface area (Å²) in [5, 5.41) is 10.5. The van der Waals surface area contributed by atoms with E-state index in [1.165, 1.54) is 24.1 Å². The monoisotopic (exact) mass is 474 g/mol. The fraction of sp³-hybridized carbons (Fsp3) is 0.231. The van der Waals surface area contributed by atoms with Crippen LogP contribution in [-0.4, -0.2) is 50.1 Å². The van der Waals surface area contributed by atoms with Crippen LogP contribution in [0, 0.1) is 5.82 Å². The summed E-state index contributed by atoms with van der Waals surface area (Å²) in [5.74, 6) is -1.91. The van der Waals surface area contributed by atoms with Crippen LogP contribution < -0.4 is 4.74 Å². The lowest BCUT2D eigenvalue weighted by Crippen LogP contribution is -2.43.